The number of aryl methyl sites for hydroxylation is 1. The third-order valence-electron chi connectivity index (χ3n) is 11.7. The third kappa shape index (κ3) is 7.58. The molecule has 1 saturated heterocycles. The highest BCUT2D eigenvalue weighted by Crippen LogP contribution is 2.41. The fourth-order valence-electron chi connectivity index (χ4n) is 8.79. The number of nitrogens with zero attached hydrogens (tertiary/aromatic N) is 3. The second-order valence-corrected chi connectivity index (χ2v) is 15.4. The fourth-order valence-corrected chi connectivity index (χ4v) is 8.79. The molecule has 284 valence electrons. The van der Waals surface area contributed by atoms with E-state index in [2.05, 4.69) is 40.5 Å². The molecule has 2 aliphatic heterocycles. The molecule has 55 heavy (non-hydrogen) atoms. The van der Waals surface area contributed by atoms with Crippen LogP contribution in [0.4, 0.5) is 14.5 Å². The number of halogens is 2. The van der Waals surface area contributed by atoms with E-state index < -0.39 is 17.9 Å². The van der Waals surface area contributed by atoms with Crippen molar-refractivity contribution in [2.45, 2.75) is 69.6 Å². The van der Waals surface area contributed by atoms with Crippen LogP contribution < -0.4 is 15.6 Å². The molecule has 0 spiro atoms. The number of fused-ring (bicyclic) bond motifs is 2. The van der Waals surface area contributed by atoms with Crippen molar-refractivity contribution in [3.63, 3.8) is 0 Å². The molecule has 0 radical (unpaired) electrons. The number of anilines is 1. The number of carbonyl (C=O) groups is 2. The lowest BCUT2D eigenvalue weighted by molar-refractivity contribution is -0.130. The van der Waals surface area contributed by atoms with Gasteiger partial charge in [-0.1, -0.05) is 60.7 Å². The second-order valence-electron chi connectivity index (χ2n) is 15.4. The van der Waals surface area contributed by atoms with Crippen LogP contribution in [0, 0.1) is 0 Å². The van der Waals surface area contributed by atoms with E-state index in [1.807, 2.05) is 41.4 Å². The predicted octanol–water partition coefficient (Wildman–Crippen LogP) is 7.50. The minimum atomic E-state index is -2.89. The first-order valence-electron chi connectivity index (χ1n) is 19.1. The van der Waals surface area contributed by atoms with Gasteiger partial charge in [-0.25, -0.2) is 8.78 Å². The molecule has 1 saturated carbocycles. The molecular formula is C45H46F2N4O4. The van der Waals surface area contributed by atoms with Crippen molar-refractivity contribution in [1.82, 2.24) is 14.4 Å². The third-order valence-corrected chi connectivity index (χ3v) is 11.7. The maximum Gasteiger partial charge on any atom is 0.267 e. The van der Waals surface area contributed by atoms with E-state index in [0.717, 1.165) is 52.9 Å². The Morgan fingerprint density at radius 1 is 0.836 bits per heavy atom. The Hall–Kier alpha value is -5.19. The largest absolute Gasteiger partial charge is 0.496 e. The van der Waals surface area contributed by atoms with Crippen LogP contribution in [0.3, 0.4) is 0 Å². The number of Topliss-reactive ketones (excluding diaryl/α,β-unsaturated/α-hetero) is 2. The van der Waals surface area contributed by atoms with Crippen molar-refractivity contribution < 1.29 is 23.1 Å². The number of ether oxygens (including phenoxy) is 1. The van der Waals surface area contributed by atoms with Gasteiger partial charge >= 0.3 is 0 Å². The second kappa shape index (κ2) is 15.2. The Labute approximate surface area is 319 Å². The van der Waals surface area contributed by atoms with Crippen LogP contribution in [0.2, 0.25) is 0 Å². The number of hydrogen-bond donors (Lipinski definition) is 1. The summed E-state index contributed by atoms with van der Waals surface area (Å²) in [7, 11) is 3.46. The van der Waals surface area contributed by atoms with Crippen LogP contribution >= 0.6 is 0 Å². The zero-order valence-electron chi connectivity index (χ0n) is 31.3. The molecule has 3 aliphatic rings. The molecule has 1 N–H and O–H groups in total. The topological polar surface area (TPSA) is 83.9 Å². The lowest BCUT2D eigenvalue weighted by Gasteiger charge is -2.39. The first-order chi connectivity index (χ1) is 26.6. The van der Waals surface area contributed by atoms with Gasteiger partial charge in [0, 0.05) is 68.0 Å². The number of methoxy groups -OCH3 is 1. The summed E-state index contributed by atoms with van der Waals surface area (Å²) in [5.74, 6) is -3.12. The highest BCUT2D eigenvalue weighted by molar-refractivity contribution is 6.05. The van der Waals surface area contributed by atoms with Gasteiger partial charge in [-0.05, 0) is 83.3 Å². The van der Waals surface area contributed by atoms with Gasteiger partial charge in [0.05, 0.1) is 32.0 Å². The summed E-state index contributed by atoms with van der Waals surface area (Å²) in [6.45, 7) is 3.07. The molecule has 2 fully saturated rings. The number of alkyl halides is 2. The number of nitrogens with one attached hydrogen (secondary N) is 1. The van der Waals surface area contributed by atoms with Crippen molar-refractivity contribution in [3.8, 4) is 16.9 Å². The lowest BCUT2D eigenvalue weighted by atomic mass is 9.85. The molecule has 2 unspecified atom stereocenters. The first-order valence-corrected chi connectivity index (χ1v) is 19.1. The fraction of sp³-hybridized carbons (Fsp3) is 0.356. The van der Waals surface area contributed by atoms with Crippen LogP contribution in [-0.4, -0.2) is 64.6 Å². The average molecular weight is 745 g/mol. The normalized spacial score (nSPS) is 20.4. The van der Waals surface area contributed by atoms with Crippen molar-refractivity contribution in [2.75, 3.05) is 32.1 Å². The zero-order chi connectivity index (χ0) is 38.3. The number of benzene rings is 4. The van der Waals surface area contributed by atoms with Gasteiger partial charge in [-0.2, -0.15) is 0 Å². The monoisotopic (exact) mass is 744 g/mol. The number of pyridine rings is 1. The van der Waals surface area contributed by atoms with E-state index in [9.17, 15) is 14.4 Å². The molecule has 10 heteroatoms. The van der Waals surface area contributed by atoms with E-state index in [-0.39, 0.29) is 30.1 Å². The summed E-state index contributed by atoms with van der Waals surface area (Å²) in [5, 5.41) is 4.77. The van der Waals surface area contributed by atoms with Crippen molar-refractivity contribution in [1.29, 1.82) is 0 Å². The van der Waals surface area contributed by atoms with Crippen LogP contribution in [0.15, 0.2) is 95.9 Å². The van der Waals surface area contributed by atoms with Crippen molar-refractivity contribution in [2.24, 2.45) is 7.05 Å². The highest BCUT2D eigenvalue weighted by Gasteiger charge is 2.45. The number of ketones is 2. The Kier molecular flexibility index (Phi) is 10.1. The van der Waals surface area contributed by atoms with Gasteiger partial charge in [0.1, 0.15) is 11.5 Å². The quantitative estimate of drug-likeness (QED) is 0.157. The average Bonchev–Trinajstić information content (AvgIpc) is 3.18. The maximum absolute atomic E-state index is 15.8. The Morgan fingerprint density at radius 3 is 2.38 bits per heavy atom. The van der Waals surface area contributed by atoms with Crippen molar-refractivity contribution >= 4 is 28.0 Å². The number of likely N-dealkylation sites (tertiary alicyclic amines) is 1. The molecule has 8 nitrogen and oxygen atoms in total. The Bertz CT molecular complexity index is 2320. The van der Waals surface area contributed by atoms with Crippen molar-refractivity contribution in [3.05, 3.63) is 129 Å². The number of carbonyl (C=O) groups excluding carboxylic acids is 2. The van der Waals surface area contributed by atoms with Gasteiger partial charge in [0.25, 0.3) is 11.5 Å². The number of piperidine rings is 1. The maximum atomic E-state index is 15.8. The van der Waals surface area contributed by atoms with Crippen LogP contribution in [0.5, 0.6) is 5.75 Å². The Morgan fingerprint density at radius 2 is 1.62 bits per heavy atom. The molecule has 0 bridgehead atoms. The summed E-state index contributed by atoms with van der Waals surface area (Å²) in [5.41, 5.74) is 7.92. The smallest absolute Gasteiger partial charge is 0.267 e. The minimum absolute atomic E-state index is 0.0252. The van der Waals surface area contributed by atoms with E-state index in [1.54, 1.807) is 43.0 Å². The van der Waals surface area contributed by atoms with Crippen LogP contribution in [-0.2, 0) is 42.7 Å². The molecule has 5 aromatic rings. The van der Waals surface area contributed by atoms with E-state index in [4.69, 9.17) is 4.74 Å². The first kappa shape index (κ1) is 36.8. The van der Waals surface area contributed by atoms with Crippen LogP contribution in [0.25, 0.3) is 21.9 Å². The number of rotatable bonds is 9. The van der Waals surface area contributed by atoms with E-state index in [0.29, 0.717) is 55.5 Å². The van der Waals surface area contributed by atoms with Gasteiger partial charge in [0.15, 0.2) is 5.78 Å². The molecule has 4 aromatic carbocycles. The van der Waals surface area contributed by atoms with Crippen LogP contribution in [0.1, 0.15) is 59.4 Å². The van der Waals surface area contributed by atoms with Gasteiger partial charge in [-0.15, -0.1) is 0 Å². The standard InChI is InChI=1S/C45H46F2N4O4/c1-49-27-39(37-8-3-4-9-38(37)44(49)54)30-10-11-33(43(22-30)55-2)26-50-20-18-36-31(24-50)6-5-7-32(36)25-51-21-19-40(45(46,47)28-51)29-12-14-34(15-13-29)48-41-17-16-35(52)23-42(41)53/h3-15,22,27,40-41,48H,16-21,23-26,28H2,1-2H3. The summed E-state index contributed by atoms with van der Waals surface area (Å²) < 4.78 is 39.1. The SMILES string of the molecule is COc1cc(-c2cn(C)c(=O)c3ccccc23)ccc1CN1CCc2c(cccc2CN2CCC(c3ccc(NC4CCC(=O)CC4=O)cc3)C(F)(F)C2)C1. The van der Waals surface area contributed by atoms with Gasteiger partial charge in [-0.3, -0.25) is 24.2 Å². The Balaban J connectivity index is 0.908. The summed E-state index contributed by atoms with van der Waals surface area (Å²) in [4.78, 5) is 40.9. The van der Waals surface area contributed by atoms with E-state index in [1.165, 1.54) is 11.1 Å². The molecule has 2 atom stereocenters. The predicted molar refractivity (Wildman–Crippen MR) is 211 cm³/mol. The summed E-state index contributed by atoms with van der Waals surface area (Å²) in [6.07, 6.45) is 3.87. The molecule has 3 heterocycles. The van der Waals surface area contributed by atoms with Gasteiger partial charge in [0.2, 0.25) is 0 Å². The molecule has 1 aliphatic carbocycles. The number of aromatic nitrogens is 1. The minimum Gasteiger partial charge on any atom is -0.496 e. The zero-order valence-corrected chi connectivity index (χ0v) is 31.3. The number of hydrogen-bond acceptors (Lipinski definition) is 7. The molecule has 1 aromatic heterocycles. The lowest BCUT2D eigenvalue weighted by Crippen LogP contribution is -2.47. The molecule has 0 amide bonds. The molecular weight excluding hydrogens is 699 g/mol. The van der Waals surface area contributed by atoms with Gasteiger partial charge < -0.3 is 14.6 Å². The summed E-state index contributed by atoms with van der Waals surface area (Å²) >= 11 is 0. The summed E-state index contributed by atoms with van der Waals surface area (Å²) in [6, 6.07) is 26.8. The highest BCUT2D eigenvalue weighted by atomic mass is 19.3. The van der Waals surface area contributed by atoms with E-state index >= 15 is 8.78 Å². The molecule has 8 rings (SSSR count).